The van der Waals surface area contributed by atoms with Gasteiger partial charge in [0.2, 0.25) is 23.6 Å². The van der Waals surface area contributed by atoms with Crippen LogP contribution < -0.4 is 26.4 Å². The zero-order valence-electron chi connectivity index (χ0n) is 34.0. The Morgan fingerprint density at radius 2 is 1.52 bits per heavy atom. The van der Waals surface area contributed by atoms with Crippen LogP contribution in [-0.4, -0.2) is 100 Å². The lowest BCUT2D eigenvalue weighted by Crippen LogP contribution is -2.58. The molecule has 1 saturated carbocycles. The molecule has 0 radical (unpaired) electrons. The molecule has 7 unspecified atom stereocenters. The van der Waals surface area contributed by atoms with Crippen molar-refractivity contribution in [1.29, 1.82) is 0 Å². The second kappa shape index (κ2) is 21.3. The maximum absolute atomic E-state index is 14.7. The molecular weight excluding hydrogens is 763 g/mol. The first-order valence-corrected chi connectivity index (χ1v) is 20.6. The van der Waals surface area contributed by atoms with E-state index in [1.54, 1.807) is 54.6 Å². The van der Waals surface area contributed by atoms with Crippen LogP contribution in [0.4, 0.5) is 0 Å². The first-order chi connectivity index (χ1) is 27.5. The van der Waals surface area contributed by atoms with Gasteiger partial charge in [0, 0.05) is 18.5 Å². The third kappa shape index (κ3) is 12.6. The van der Waals surface area contributed by atoms with Crippen molar-refractivity contribution in [2.75, 3.05) is 13.1 Å². The summed E-state index contributed by atoms with van der Waals surface area (Å²) in [5.74, 6) is -4.23. The SMILES string of the molecule is CCCC(NC(=O)C1CC(OC(C)(C)C)CN1C(=O)C(NC(=O)c1ccccc1C(C)=O)C1CCCCC1)C(O)C(=O)NCC(=O)NC(C(=O)NP)c1ccccc1. The molecule has 1 heterocycles. The van der Waals surface area contributed by atoms with Crippen molar-refractivity contribution in [3.63, 3.8) is 0 Å². The molecule has 6 N–H and O–H groups in total. The van der Waals surface area contributed by atoms with Crippen LogP contribution in [0, 0.1) is 5.92 Å². The number of aliphatic hydroxyl groups excluding tert-OH is 1. The summed E-state index contributed by atoms with van der Waals surface area (Å²) >= 11 is 0. The van der Waals surface area contributed by atoms with Gasteiger partial charge in [-0.15, -0.1) is 0 Å². The van der Waals surface area contributed by atoms with Gasteiger partial charge in [0.1, 0.15) is 18.1 Å². The average Bonchev–Trinajstić information content (AvgIpc) is 3.63. The van der Waals surface area contributed by atoms with Crippen LogP contribution >= 0.6 is 9.39 Å². The van der Waals surface area contributed by atoms with Crippen LogP contribution in [0.15, 0.2) is 54.6 Å². The van der Waals surface area contributed by atoms with Crippen molar-refractivity contribution >= 4 is 50.6 Å². The molecular formula is C42H59N6O9P. The summed E-state index contributed by atoms with van der Waals surface area (Å²) < 4.78 is 6.27. The summed E-state index contributed by atoms with van der Waals surface area (Å²) in [5.41, 5.74) is 0.302. The quantitative estimate of drug-likeness (QED) is 0.102. The second-order valence-electron chi connectivity index (χ2n) is 16.0. The number of carbonyl (C=O) groups excluding carboxylic acids is 7. The summed E-state index contributed by atoms with van der Waals surface area (Å²) in [7, 11) is 2.08. The van der Waals surface area contributed by atoms with Crippen LogP contribution in [0.2, 0.25) is 0 Å². The van der Waals surface area contributed by atoms with Gasteiger partial charge in [-0.05, 0) is 73.9 Å². The zero-order valence-corrected chi connectivity index (χ0v) is 35.2. The highest BCUT2D eigenvalue weighted by Crippen LogP contribution is 2.31. The summed E-state index contributed by atoms with van der Waals surface area (Å²) in [6.45, 7) is 8.31. The molecule has 2 aromatic rings. The van der Waals surface area contributed by atoms with Gasteiger partial charge in [0.15, 0.2) is 11.9 Å². The number of hydrogen-bond acceptors (Lipinski definition) is 9. The van der Waals surface area contributed by atoms with E-state index in [4.69, 9.17) is 4.74 Å². The maximum atomic E-state index is 14.7. The first kappa shape index (κ1) is 46.0. The minimum Gasteiger partial charge on any atom is -0.381 e. The van der Waals surface area contributed by atoms with E-state index in [0.717, 1.165) is 19.3 Å². The van der Waals surface area contributed by atoms with Gasteiger partial charge in [-0.1, -0.05) is 81.1 Å². The molecule has 2 aromatic carbocycles. The van der Waals surface area contributed by atoms with Crippen LogP contribution in [0.3, 0.4) is 0 Å². The van der Waals surface area contributed by atoms with Crippen molar-refractivity contribution in [1.82, 2.24) is 31.3 Å². The van der Waals surface area contributed by atoms with Gasteiger partial charge >= 0.3 is 0 Å². The fourth-order valence-corrected chi connectivity index (χ4v) is 7.87. The molecule has 1 saturated heterocycles. The molecule has 2 aliphatic rings. The molecule has 1 aliphatic heterocycles. The molecule has 58 heavy (non-hydrogen) atoms. The normalized spacial score (nSPS) is 19.2. The fourth-order valence-electron chi connectivity index (χ4n) is 7.70. The van der Waals surface area contributed by atoms with Crippen molar-refractivity contribution in [2.45, 2.75) is 128 Å². The third-order valence-corrected chi connectivity index (χ3v) is 10.7. The molecule has 2 fully saturated rings. The highest BCUT2D eigenvalue weighted by molar-refractivity contribution is 7.15. The minimum absolute atomic E-state index is 0.0621. The number of aliphatic hydroxyl groups is 1. The summed E-state index contributed by atoms with van der Waals surface area (Å²) in [5, 5.41) is 24.3. The predicted molar refractivity (Wildman–Crippen MR) is 220 cm³/mol. The number of hydrogen-bond donors (Lipinski definition) is 6. The molecule has 4 rings (SSSR count). The van der Waals surface area contributed by atoms with Gasteiger partial charge in [-0.2, -0.15) is 0 Å². The van der Waals surface area contributed by atoms with Gasteiger partial charge in [0.25, 0.3) is 11.8 Å². The van der Waals surface area contributed by atoms with Crippen LogP contribution in [-0.2, 0) is 28.7 Å². The predicted octanol–water partition coefficient (Wildman–Crippen LogP) is 2.88. The molecule has 15 nitrogen and oxygen atoms in total. The second-order valence-corrected chi connectivity index (χ2v) is 16.3. The van der Waals surface area contributed by atoms with Crippen molar-refractivity contribution in [2.24, 2.45) is 5.92 Å². The highest BCUT2D eigenvalue weighted by Gasteiger charge is 2.46. The molecule has 0 spiro atoms. The highest BCUT2D eigenvalue weighted by atomic mass is 31.0. The Morgan fingerprint density at radius 3 is 2.12 bits per heavy atom. The Balaban J connectivity index is 1.52. The summed E-state index contributed by atoms with van der Waals surface area (Å²) in [6.07, 6.45) is 2.60. The molecule has 1 aliphatic carbocycles. The van der Waals surface area contributed by atoms with E-state index in [2.05, 4.69) is 35.7 Å². The number of nitrogens with zero attached hydrogens (tertiary/aromatic N) is 1. The topological polar surface area (TPSA) is 212 Å². The zero-order chi connectivity index (χ0) is 42.6. The lowest BCUT2D eigenvalue weighted by molar-refractivity contribution is -0.142. The number of nitrogens with one attached hydrogen (secondary N) is 5. The van der Waals surface area contributed by atoms with E-state index in [1.807, 2.05) is 27.7 Å². The fraction of sp³-hybridized carbons (Fsp3) is 0.548. The third-order valence-electron chi connectivity index (χ3n) is 10.4. The first-order valence-electron chi connectivity index (χ1n) is 20.0. The Hall–Kier alpha value is -4.72. The van der Waals surface area contributed by atoms with Crippen molar-refractivity contribution in [3.05, 3.63) is 71.3 Å². The number of benzene rings is 2. The summed E-state index contributed by atoms with van der Waals surface area (Å²) in [6, 6.07) is 10.8. The van der Waals surface area contributed by atoms with Gasteiger partial charge in [-0.25, -0.2) is 0 Å². The van der Waals surface area contributed by atoms with Gasteiger partial charge in [-0.3, -0.25) is 33.6 Å². The van der Waals surface area contributed by atoms with Crippen molar-refractivity contribution in [3.8, 4) is 0 Å². The number of amides is 6. The maximum Gasteiger partial charge on any atom is 0.252 e. The van der Waals surface area contributed by atoms with E-state index >= 15 is 0 Å². The van der Waals surface area contributed by atoms with E-state index < -0.39 is 84.0 Å². The molecule has 16 heteroatoms. The smallest absolute Gasteiger partial charge is 0.252 e. The number of Topliss-reactive ketones (excluding diaryl/α,β-unsaturated/α-hetero) is 1. The van der Waals surface area contributed by atoms with Crippen LogP contribution in [0.1, 0.15) is 118 Å². The number of rotatable bonds is 17. The number of carbonyl (C=O) groups is 7. The number of likely N-dealkylation sites (tertiary alicyclic amines) is 1. The van der Waals surface area contributed by atoms with E-state index in [9.17, 15) is 38.7 Å². The molecule has 7 atom stereocenters. The summed E-state index contributed by atoms with van der Waals surface area (Å²) in [4.78, 5) is 95.1. The Kier molecular flexibility index (Phi) is 16.9. The van der Waals surface area contributed by atoms with E-state index in [-0.39, 0.29) is 42.2 Å². The standard InChI is InChI=1S/C42H59N6O9P/c1-6-15-31(36(51)40(55)43-23-33(50)45-34(39(54)47-58)26-16-9-7-10-17-26)44-38(53)32-22-28(57-42(3,4)5)24-48(32)41(56)35(27-18-11-8-12-19-27)46-37(52)30-21-14-13-20-29(30)25(2)49/h7,9-10,13-14,16-17,20-21,27-28,31-32,34-36,51H,6,8,11-12,15,18-19,22-24,58H2,1-5H3,(H,43,55)(H,44,53)(H,45,50)(H,46,52)(H,47,54). The molecule has 0 aromatic heterocycles. The molecule has 316 valence electrons. The Bertz CT molecular complexity index is 1780. The minimum atomic E-state index is -1.76. The Morgan fingerprint density at radius 1 is 0.879 bits per heavy atom. The van der Waals surface area contributed by atoms with E-state index in [0.29, 0.717) is 24.8 Å². The van der Waals surface area contributed by atoms with Crippen LogP contribution in [0.25, 0.3) is 0 Å². The van der Waals surface area contributed by atoms with E-state index in [1.165, 1.54) is 11.8 Å². The molecule has 0 bridgehead atoms. The molecule has 6 amide bonds. The largest absolute Gasteiger partial charge is 0.381 e. The lowest BCUT2D eigenvalue weighted by Gasteiger charge is -2.35. The van der Waals surface area contributed by atoms with Crippen LogP contribution in [0.5, 0.6) is 0 Å². The number of ketones is 1. The monoisotopic (exact) mass is 822 g/mol. The Labute approximate surface area is 342 Å². The number of ether oxygens (including phenoxy) is 1. The lowest BCUT2D eigenvalue weighted by atomic mass is 9.83. The van der Waals surface area contributed by atoms with Gasteiger partial charge < -0.3 is 41.1 Å². The average molecular weight is 823 g/mol. The van der Waals surface area contributed by atoms with Gasteiger partial charge in [0.05, 0.1) is 29.9 Å². The van der Waals surface area contributed by atoms with Crippen molar-refractivity contribution < 1.29 is 43.4 Å².